The molecule has 0 aromatic carbocycles. The monoisotopic (exact) mass is 148 g/mol. The first-order valence-corrected chi connectivity index (χ1v) is 1.32. The van der Waals surface area contributed by atoms with Crippen molar-refractivity contribution in [3.05, 3.63) is 0 Å². The first kappa shape index (κ1) is 9.64. The van der Waals surface area contributed by atoms with Crippen molar-refractivity contribution in [2.75, 3.05) is 13.1 Å². The molecule has 0 aliphatic rings. The number of hydrogen-bond acceptors (Lipinski definition) is 2. The Hall–Kier alpha value is 1.40. The van der Waals surface area contributed by atoms with Crippen LogP contribution in [0.2, 0.25) is 0 Å². The fourth-order valence-electron chi connectivity index (χ4n) is 0. The normalized spacial score (nSPS) is 6.00. The van der Waals surface area contributed by atoms with Crippen LogP contribution in [0, 0.1) is 0 Å². The minimum absolute atomic E-state index is 0. The fraction of sp³-hybridized carbons (Fsp3) is 1.00. The second kappa shape index (κ2) is 9.04. The summed E-state index contributed by atoms with van der Waals surface area (Å²) >= 11 is 0. The molecule has 0 bridgehead atoms. The maximum atomic E-state index is 4.90. The third kappa shape index (κ3) is 10.8. The second-order valence-corrected chi connectivity index (χ2v) is 0.577. The van der Waals surface area contributed by atoms with E-state index in [0.717, 1.165) is 0 Å². The van der Waals surface area contributed by atoms with Crippen molar-refractivity contribution < 1.29 is 0 Å². The Labute approximate surface area is 69.2 Å². The van der Waals surface area contributed by atoms with E-state index in [1.807, 2.05) is 0 Å². The molecule has 2 radical (unpaired) electrons. The summed E-state index contributed by atoms with van der Waals surface area (Å²) in [6, 6.07) is 0. The van der Waals surface area contributed by atoms with E-state index < -0.39 is 0 Å². The van der Waals surface area contributed by atoms with Gasteiger partial charge in [0.05, 0.1) is 0 Å². The molecule has 0 aromatic rings. The number of hydrogen-bond donors (Lipinski definition) is 2. The first-order valence-electron chi connectivity index (χ1n) is 1.32. The van der Waals surface area contributed by atoms with Crippen molar-refractivity contribution in [2.24, 2.45) is 11.5 Å². The minimum atomic E-state index is 0. The van der Waals surface area contributed by atoms with Gasteiger partial charge in [0, 0.05) is 58.6 Å². The molecule has 0 aromatic heterocycles. The third-order valence-corrected chi connectivity index (χ3v) is 0.167. The van der Waals surface area contributed by atoms with E-state index in [2.05, 4.69) is 0 Å². The van der Waals surface area contributed by atoms with Gasteiger partial charge in [0.2, 0.25) is 0 Å². The van der Waals surface area contributed by atoms with Gasteiger partial charge in [-0.15, -0.1) is 0 Å². The molecule has 0 heterocycles. The molecule has 3 heteroatoms. The van der Waals surface area contributed by atoms with Gasteiger partial charge in [0.25, 0.3) is 0 Å². The molecule has 2 nitrogen and oxygen atoms in total. The standard InChI is InChI=1S/C2H8N2.Sr/c3-1-2-4;/h1-4H2;. The average Bonchev–Trinajstić information content (AvgIpc) is 1.37. The molecule has 0 rings (SSSR count). The topological polar surface area (TPSA) is 52.0 Å². The molecule has 0 unspecified atom stereocenters. The van der Waals surface area contributed by atoms with Crippen molar-refractivity contribution >= 4 is 45.5 Å². The Bertz CT molecular complexity index is 9.61. The summed E-state index contributed by atoms with van der Waals surface area (Å²) in [5.74, 6) is 0. The maximum absolute atomic E-state index is 4.90. The average molecular weight is 148 g/mol. The largest absolute Gasteiger partial charge is 0.329 e. The fourth-order valence-corrected chi connectivity index (χ4v) is 0. The molecular weight excluding hydrogens is 140 g/mol. The zero-order valence-corrected chi connectivity index (χ0v) is 6.75. The SMILES string of the molecule is NCCN.[Sr]. The van der Waals surface area contributed by atoms with E-state index in [-0.39, 0.29) is 45.5 Å². The van der Waals surface area contributed by atoms with Crippen LogP contribution in [-0.2, 0) is 0 Å². The molecule has 0 aliphatic heterocycles. The van der Waals surface area contributed by atoms with Crippen LogP contribution in [0.4, 0.5) is 0 Å². The minimum Gasteiger partial charge on any atom is -0.329 e. The molecule has 0 amide bonds. The Balaban J connectivity index is 0. The maximum Gasteiger partial charge on any atom is 0.00461 e. The number of rotatable bonds is 1. The summed E-state index contributed by atoms with van der Waals surface area (Å²) in [7, 11) is 0. The summed E-state index contributed by atoms with van der Waals surface area (Å²) in [5.41, 5.74) is 9.81. The van der Waals surface area contributed by atoms with Crippen LogP contribution >= 0.6 is 0 Å². The van der Waals surface area contributed by atoms with E-state index in [0.29, 0.717) is 13.1 Å². The molecule has 0 atom stereocenters. The van der Waals surface area contributed by atoms with Crippen LogP contribution in [0.15, 0.2) is 0 Å². The predicted octanol–water partition coefficient (Wildman–Crippen LogP) is -1.48. The molecule has 4 N–H and O–H groups in total. The van der Waals surface area contributed by atoms with Gasteiger partial charge in [0.15, 0.2) is 0 Å². The van der Waals surface area contributed by atoms with E-state index in [1.165, 1.54) is 0 Å². The van der Waals surface area contributed by atoms with Gasteiger partial charge in [-0.2, -0.15) is 0 Å². The third-order valence-electron chi connectivity index (χ3n) is 0.167. The zero-order chi connectivity index (χ0) is 3.41. The van der Waals surface area contributed by atoms with Gasteiger partial charge in [-0.25, -0.2) is 0 Å². The molecule has 28 valence electrons. The number of nitrogens with two attached hydrogens (primary N) is 2. The van der Waals surface area contributed by atoms with Crippen LogP contribution in [0.5, 0.6) is 0 Å². The van der Waals surface area contributed by atoms with Crippen molar-refractivity contribution in [3.63, 3.8) is 0 Å². The van der Waals surface area contributed by atoms with Gasteiger partial charge in [-0.1, -0.05) is 0 Å². The van der Waals surface area contributed by atoms with Crippen LogP contribution in [-0.4, -0.2) is 58.6 Å². The molecule has 0 spiro atoms. The van der Waals surface area contributed by atoms with E-state index in [4.69, 9.17) is 11.5 Å². The molecular formula is C2H8N2Sr. The van der Waals surface area contributed by atoms with Crippen molar-refractivity contribution in [2.45, 2.75) is 0 Å². The van der Waals surface area contributed by atoms with Gasteiger partial charge >= 0.3 is 0 Å². The first-order chi connectivity index (χ1) is 1.91. The van der Waals surface area contributed by atoms with Crippen molar-refractivity contribution in [1.29, 1.82) is 0 Å². The van der Waals surface area contributed by atoms with Crippen LogP contribution in [0.3, 0.4) is 0 Å². The molecule has 0 saturated heterocycles. The predicted molar refractivity (Wildman–Crippen MR) is 23.9 cm³/mol. The summed E-state index contributed by atoms with van der Waals surface area (Å²) in [5, 5.41) is 0. The van der Waals surface area contributed by atoms with Crippen LogP contribution < -0.4 is 11.5 Å². The van der Waals surface area contributed by atoms with Crippen LogP contribution in [0.25, 0.3) is 0 Å². The molecule has 5 heavy (non-hydrogen) atoms. The summed E-state index contributed by atoms with van der Waals surface area (Å²) in [6.45, 7) is 1.19. The smallest absolute Gasteiger partial charge is 0.00461 e. The molecule has 0 fully saturated rings. The van der Waals surface area contributed by atoms with Gasteiger partial charge in [-0.05, 0) is 0 Å². The summed E-state index contributed by atoms with van der Waals surface area (Å²) in [6.07, 6.45) is 0. The van der Waals surface area contributed by atoms with Crippen molar-refractivity contribution in [1.82, 2.24) is 0 Å². The zero-order valence-electron chi connectivity index (χ0n) is 3.28. The van der Waals surface area contributed by atoms with E-state index >= 15 is 0 Å². The summed E-state index contributed by atoms with van der Waals surface area (Å²) < 4.78 is 0. The Morgan fingerprint density at radius 2 is 1.20 bits per heavy atom. The van der Waals surface area contributed by atoms with E-state index in [9.17, 15) is 0 Å². The van der Waals surface area contributed by atoms with Gasteiger partial charge in [0.1, 0.15) is 0 Å². The van der Waals surface area contributed by atoms with Gasteiger partial charge in [-0.3, -0.25) is 0 Å². The van der Waals surface area contributed by atoms with E-state index in [1.54, 1.807) is 0 Å². The Morgan fingerprint density at radius 3 is 1.20 bits per heavy atom. The van der Waals surface area contributed by atoms with Gasteiger partial charge < -0.3 is 11.5 Å². The molecule has 0 saturated carbocycles. The Kier molecular flexibility index (Phi) is 17.4. The van der Waals surface area contributed by atoms with Crippen LogP contribution in [0.1, 0.15) is 0 Å². The second-order valence-electron chi connectivity index (χ2n) is 0.577. The summed E-state index contributed by atoms with van der Waals surface area (Å²) in [4.78, 5) is 0. The quantitative estimate of drug-likeness (QED) is 0.445. The van der Waals surface area contributed by atoms with Crippen molar-refractivity contribution in [3.8, 4) is 0 Å². The molecule has 0 aliphatic carbocycles. The Morgan fingerprint density at radius 1 is 1.00 bits per heavy atom.